The van der Waals surface area contributed by atoms with Crippen LogP contribution in [0.4, 0.5) is 5.69 Å². The van der Waals surface area contributed by atoms with Crippen molar-refractivity contribution in [2.24, 2.45) is 5.92 Å². The number of benzene rings is 1. The molecule has 21 heavy (non-hydrogen) atoms. The summed E-state index contributed by atoms with van der Waals surface area (Å²) < 4.78 is 5.75. The molecule has 1 heterocycles. The third-order valence-corrected chi connectivity index (χ3v) is 3.82. The van der Waals surface area contributed by atoms with Crippen molar-refractivity contribution in [3.8, 4) is 5.75 Å². The molecule has 2 rings (SSSR count). The molecule has 0 bridgehead atoms. The van der Waals surface area contributed by atoms with Crippen molar-refractivity contribution < 1.29 is 14.3 Å². The molecule has 2 unspecified atom stereocenters. The fraction of sp³-hybridized carbons (Fsp3) is 0.500. The van der Waals surface area contributed by atoms with Crippen LogP contribution >= 0.6 is 0 Å². The number of amides is 2. The van der Waals surface area contributed by atoms with Gasteiger partial charge in [-0.3, -0.25) is 9.59 Å². The zero-order valence-corrected chi connectivity index (χ0v) is 12.9. The Balaban J connectivity index is 2.18. The van der Waals surface area contributed by atoms with Crippen LogP contribution in [-0.4, -0.2) is 30.5 Å². The van der Waals surface area contributed by atoms with Gasteiger partial charge in [0.2, 0.25) is 5.91 Å². The molecule has 5 nitrogen and oxygen atoms in total. The highest BCUT2D eigenvalue weighted by atomic mass is 16.5. The van der Waals surface area contributed by atoms with Gasteiger partial charge in [0.15, 0.2) is 6.10 Å². The van der Waals surface area contributed by atoms with E-state index in [0.717, 1.165) is 0 Å². The highest BCUT2D eigenvalue weighted by Crippen LogP contribution is 2.33. The predicted octanol–water partition coefficient (Wildman–Crippen LogP) is 1.96. The number of hydrogen-bond acceptors (Lipinski definition) is 3. The Labute approximate surface area is 125 Å². The van der Waals surface area contributed by atoms with E-state index >= 15 is 0 Å². The molecule has 1 aliphatic heterocycles. The first-order chi connectivity index (χ1) is 9.90. The first kappa shape index (κ1) is 15.4. The molecule has 114 valence electrons. The Morgan fingerprint density at radius 2 is 1.95 bits per heavy atom. The Bertz CT molecular complexity index is 542. The fourth-order valence-electron chi connectivity index (χ4n) is 2.15. The van der Waals surface area contributed by atoms with E-state index < -0.39 is 6.10 Å². The maximum atomic E-state index is 12.3. The molecule has 0 aromatic heterocycles. The topological polar surface area (TPSA) is 58.6 Å². The minimum absolute atomic E-state index is 0.0593. The molecule has 2 amide bonds. The zero-order valence-electron chi connectivity index (χ0n) is 12.9. The van der Waals surface area contributed by atoms with Crippen molar-refractivity contribution >= 4 is 17.5 Å². The number of nitrogens with zero attached hydrogens (tertiary/aromatic N) is 1. The Kier molecular flexibility index (Phi) is 4.50. The van der Waals surface area contributed by atoms with Gasteiger partial charge in [-0.2, -0.15) is 0 Å². The van der Waals surface area contributed by atoms with Crippen LogP contribution in [0.25, 0.3) is 0 Å². The Hall–Kier alpha value is -2.04. The smallest absolute Gasteiger partial charge is 0.263 e. The maximum absolute atomic E-state index is 12.3. The highest BCUT2D eigenvalue weighted by molar-refractivity contribution is 5.95. The van der Waals surface area contributed by atoms with Crippen LogP contribution in [0.1, 0.15) is 27.7 Å². The van der Waals surface area contributed by atoms with Gasteiger partial charge in [0.25, 0.3) is 5.91 Å². The summed E-state index contributed by atoms with van der Waals surface area (Å²) in [4.78, 5) is 25.7. The fourth-order valence-corrected chi connectivity index (χ4v) is 2.15. The van der Waals surface area contributed by atoms with E-state index in [1.54, 1.807) is 11.0 Å². The molecule has 5 heteroatoms. The number of carbonyl (C=O) groups is 2. The average molecular weight is 290 g/mol. The van der Waals surface area contributed by atoms with Crippen molar-refractivity contribution in [3.05, 3.63) is 24.3 Å². The molecule has 1 aliphatic rings. The first-order valence-corrected chi connectivity index (χ1v) is 7.24. The van der Waals surface area contributed by atoms with Gasteiger partial charge >= 0.3 is 0 Å². The number of nitrogens with one attached hydrogen (secondary N) is 1. The summed E-state index contributed by atoms with van der Waals surface area (Å²) in [7, 11) is 0. The summed E-state index contributed by atoms with van der Waals surface area (Å²) in [5.41, 5.74) is 0.714. The van der Waals surface area contributed by atoms with E-state index in [4.69, 9.17) is 4.74 Å². The predicted molar refractivity (Wildman–Crippen MR) is 81.3 cm³/mol. The molecule has 2 atom stereocenters. The van der Waals surface area contributed by atoms with E-state index in [2.05, 4.69) is 5.32 Å². The summed E-state index contributed by atoms with van der Waals surface area (Å²) in [6.45, 7) is 7.78. The van der Waals surface area contributed by atoms with Gasteiger partial charge in [0.05, 0.1) is 12.2 Å². The van der Waals surface area contributed by atoms with Gasteiger partial charge in [0, 0.05) is 13.0 Å². The van der Waals surface area contributed by atoms with Gasteiger partial charge in [-0.1, -0.05) is 26.0 Å². The van der Waals surface area contributed by atoms with Crippen LogP contribution in [-0.2, 0) is 9.59 Å². The second-order valence-corrected chi connectivity index (χ2v) is 5.75. The van der Waals surface area contributed by atoms with E-state index in [-0.39, 0.29) is 24.4 Å². The number of anilines is 1. The van der Waals surface area contributed by atoms with E-state index in [9.17, 15) is 9.59 Å². The van der Waals surface area contributed by atoms with Crippen molar-refractivity contribution in [1.82, 2.24) is 5.32 Å². The minimum Gasteiger partial charge on any atom is -0.477 e. The zero-order chi connectivity index (χ0) is 15.6. The summed E-state index contributed by atoms with van der Waals surface area (Å²) in [5.74, 6) is 0.627. The lowest BCUT2D eigenvalue weighted by molar-refractivity contribution is -0.129. The number of ether oxygens (including phenoxy) is 1. The largest absolute Gasteiger partial charge is 0.477 e. The molecule has 1 N–H and O–H groups in total. The lowest BCUT2D eigenvalue weighted by atomic mass is 10.1. The third kappa shape index (κ3) is 3.35. The molecular weight excluding hydrogens is 268 g/mol. The standard InChI is InChI=1S/C16H22N2O3/c1-10(2)11(3)17-16(20)15-9-18(12(4)19)13-7-5-6-8-14(13)21-15/h5-8,10-11,15H,9H2,1-4H3,(H,17,20). The molecular formula is C16H22N2O3. The molecule has 0 fully saturated rings. The Morgan fingerprint density at radius 3 is 2.57 bits per heavy atom. The number of para-hydroxylation sites is 2. The van der Waals surface area contributed by atoms with Crippen molar-refractivity contribution in [1.29, 1.82) is 0 Å². The highest BCUT2D eigenvalue weighted by Gasteiger charge is 2.33. The molecule has 0 saturated heterocycles. The van der Waals surface area contributed by atoms with E-state index in [0.29, 0.717) is 17.4 Å². The van der Waals surface area contributed by atoms with Crippen LogP contribution in [0.3, 0.4) is 0 Å². The molecule has 0 spiro atoms. The van der Waals surface area contributed by atoms with Crippen LogP contribution in [0.5, 0.6) is 5.75 Å². The van der Waals surface area contributed by atoms with Gasteiger partial charge in [0.1, 0.15) is 5.75 Å². The first-order valence-electron chi connectivity index (χ1n) is 7.24. The monoisotopic (exact) mass is 290 g/mol. The second kappa shape index (κ2) is 6.16. The third-order valence-electron chi connectivity index (χ3n) is 3.82. The van der Waals surface area contributed by atoms with Gasteiger partial charge in [-0.05, 0) is 25.0 Å². The second-order valence-electron chi connectivity index (χ2n) is 5.75. The van der Waals surface area contributed by atoms with Crippen molar-refractivity contribution in [2.45, 2.75) is 39.8 Å². The normalized spacial score (nSPS) is 18.7. The summed E-state index contributed by atoms with van der Waals surface area (Å²) in [5, 5.41) is 2.94. The molecule has 0 radical (unpaired) electrons. The number of rotatable bonds is 3. The van der Waals surface area contributed by atoms with E-state index in [1.807, 2.05) is 39.0 Å². The van der Waals surface area contributed by atoms with Crippen LogP contribution in [0.15, 0.2) is 24.3 Å². The minimum atomic E-state index is -0.676. The molecule has 1 aromatic rings. The average Bonchev–Trinajstić information content (AvgIpc) is 2.45. The van der Waals surface area contributed by atoms with E-state index in [1.165, 1.54) is 6.92 Å². The number of hydrogen-bond donors (Lipinski definition) is 1. The summed E-state index contributed by atoms with van der Waals surface area (Å²) >= 11 is 0. The molecule has 1 aromatic carbocycles. The maximum Gasteiger partial charge on any atom is 0.263 e. The Morgan fingerprint density at radius 1 is 1.29 bits per heavy atom. The summed E-state index contributed by atoms with van der Waals surface area (Å²) in [6.07, 6.45) is -0.676. The lowest BCUT2D eigenvalue weighted by Gasteiger charge is -2.34. The van der Waals surface area contributed by atoms with Crippen LogP contribution in [0, 0.1) is 5.92 Å². The van der Waals surface area contributed by atoms with Crippen molar-refractivity contribution in [2.75, 3.05) is 11.4 Å². The quantitative estimate of drug-likeness (QED) is 0.926. The molecule has 0 saturated carbocycles. The SMILES string of the molecule is CC(=O)N1CC(C(=O)NC(C)C(C)C)Oc2ccccc21. The van der Waals surface area contributed by atoms with Crippen LogP contribution < -0.4 is 15.0 Å². The number of fused-ring (bicyclic) bond motifs is 1. The van der Waals surface area contributed by atoms with Gasteiger partial charge in [-0.15, -0.1) is 0 Å². The van der Waals surface area contributed by atoms with Crippen LogP contribution in [0.2, 0.25) is 0 Å². The molecule has 0 aliphatic carbocycles. The van der Waals surface area contributed by atoms with Gasteiger partial charge in [-0.25, -0.2) is 0 Å². The van der Waals surface area contributed by atoms with Crippen molar-refractivity contribution in [3.63, 3.8) is 0 Å². The lowest BCUT2D eigenvalue weighted by Crippen LogP contribution is -2.52. The summed E-state index contributed by atoms with van der Waals surface area (Å²) in [6, 6.07) is 7.33. The van der Waals surface area contributed by atoms with Gasteiger partial charge < -0.3 is 15.0 Å². The number of carbonyl (C=O) groups excluding carboxylic acids is 2.